The minimum atomic E-state index is -0.111. The van der Waals surface area contributed by atoms with E-state index >= 15 is 0 Å². The molecular formula is C16H16N2O2. The Kier molecular flexibility index (Phi) is 2.93. The van der Waals surface area contributed by atoms with Crippen LogP contribution in [0, 0.1) is 0 Å². The van der Waals surface area contributed by atoms with Crippen molar-refractivity contribution in [3.63, 3.8) is 0 Å². The van der Waals surface area contributed by atoms with Gasteiger partial charge in [-0.3, -0.25) is 9.59 Å². The molecule has 102 valence electrons. The standard InChI is InChI=1S/C16H16N2O2/c1-3-9-18-14-8-7-13(17-10(2)19)11-5-4-6-12(15(11)14)16(18)20/h4-8H,3,9H2,1-2H3,(H,17,19). The number of hydrogen-bond donors (Lipinski definition) is 1. The second-order valence-electron chi connectivity index (χ2n) is 5.00. The van der Waals surface area contributed by atoms with Crippen LogP contribution in [0.1, 0.15) is 30.6 Å². The maximum absolute atomic E-state index is 12.4. The lowest BCUT2D eigenvalue weighted by atomic mass is 10.0. The third-order valence-corrected chi connectivity index (χ3v) is 3.54. The summed E-state index contributed by atoms with van der Waals surface area (Å²) in [6.07, 6.45) is 0.911. The van der Waals surface area contributed by atoms with Crippen LogP contribution in [0.3, 0.4) is 0 Å². The Hall–Kier alpha value is -2.36. The second kappa shape index (κ2) is 4.63. The van der Waals surface area contributed by atoms with Crippen molar-refractivity contribution in [2.45, 2.75) is 20.3 Å². The first kappa shape index (κ1) is 12.7. The highest BCUT2D eigenvalue weighted by Gasteiger charge is 2.29. The fraction of sp³-hybridized carbons (Fsp3) is 0.250. The van der Waals surface area contributed by atoms with Gasteiger partial charge in [0.05, 0.1) is 5.69 Å². The highest BCUT2D eigenvalue weighted by Crippen LogP contribution is 2.40. The van der Waals surface area contributed by atoms with E-state index in [2.05, 4.69) is 12.2 Å². The molecule has 4 nitrogen and oxygen atoms in total. The molecule has 0 fully saturated rings. The minimum absolute atomic E-state index is 0.0485. The summed E-state index contributed by atoms with van der Waals surface area (Å²) in [6, 6.07) is 9.43. The van der Waals surface area contributed by atoms with Crippen molar-refractivity contribution in [1.29, 1.82) is 0 Å². The van der Waals surface area contributed by atoms with Gasteiger partial charge in [0.25, 0.3) is 5.91 Å². The quantitative estimate of drug-likeness (QED) is 0.929. The predicted molar refractivity (Wildman–Crippen MR) is 80.2 cm³/mol. The first-order valence-electron chi connectivity index (χ1n) is 6.78. The van der Waals surface area contributed by atoms with Gasteiger partial charge in [-0.25, -0.2) is 0 Å². The van der Waals surface area contributed by atoms with Crippen LogP contribution >= 0.6 is 0 Å². The zero-order valence-electron chi connectivity index (χ0n) is 11.6. The van der Waals surface area contributed by atoms with Crippen LogP contribution < -0.4 is 10.2 Å². The normalized spacial score (nSPS) is 13.1. The molecular weight excluding hydrogens is 252 g/mol. The Bertz CT molecular complexity index is 722. The maximum atomic E-state index is 12.4. The molecule has 3 rings (SSSR count). The van der Waals surface area contributed by atoms with Gasteiger partial charge in [0.2, 0.25) is 5.91 Å². The zero-order valence-corrected chi connectivity index (χ0v) is 11.6. The summed E-state index contributed by atoms with van der Waals surface area (Å²) in [7, 11) is 0. The Morgan fingerprint density at radius 2 is 2.05 bits per heavy atom. The molecule has 20 heavy (non-hydrogen) atoms. The van der Waals surface area contributed by atoms with Gasteiger partial charge >= 0.3 is 0 Å². The molecule has 1 heterocycles. The van der Waals surface area contributed by atoms with Gasteiger partial charge in [0.15, 0.2) is 0 Å². The maximum Gasteiger partial charge on any atom is 0.258 e. The Labute approximate surface area is 117 Å². The van der Waals surface area contributed by atoms with Crippen molar-refractivity contribution in [3.8, 4) is 0 Å². The van der Waals surface area contributed by atoms with E-state index in [-0.39, 0.29) is 11.8 Å². The summed E-state index contributed by atoms with van der Waals surface area (Å²) in [5.74, 6) is -0.0622. The fourth-order valence-corrected chi connectivity index (χ4v) is 2.79. The number of hydrogen-bond acceptors (Lipinski definition) is 2. The largest absolute Gasteiger partial charge is 0.326 e. The van der Waals surface area contributed by atoms with Crippen LogP contribution in [0.2, 0.25) is 0 Å². The van der Waals surface area contributed by atoms with Gasteiger partial charge in [0, 0.05) is 35.5 Å². The summed E-state index contributed by atoms with van der Waals surface area (Å²) < 4.78 is 0. The van der Waals surface area contributed by atoms with Crippen molar-refractivity contribution in [2.24, 2.45) is 0 Å². The lowest BCUT2D eigenvalue weighted by molar-refractivity contribution is -0.114. The molecule has 2 aromatic rings. The molecule has 0 aliphatic carbocycles. The number of nitrogens with zero attached hydrogens (tertiary/aromatic N) is 1. The third-order valence-electron chi connectivity index (χ3n) is 3.54. The van der Waals surface area contributed by atoms with E-state index in [1.807, 2.05) is 35.2 Å². The van der Waals surface area contributed by atoms with Crippen LogP contribution in [-0.4, -0.2) is 18.4 Å². The van der Waals surface area contributed by atoms with Crippen molar-refractivity contribution in [2.75, 3.05) is 16.8 Å². The highest BCUT2D eigenvalue weighted by atomic mass is 16.2. The van der Waals surface area contributed by atoms with Gasteiger partial charge in [-0.2, -0.15) is 0 Å². The molecule has 2 amide bonds. The Balaban J connectivity index is 2.24. The van der Waals surface area contributed by atoms with Crippen molar-refractivity contribution in [3.05, 3.63) is 35.9 Å². The van der Waals surface area contributed by atoms with E-state index in [0.717, 1.165) is 34.1 Å². The Morgan fingerprint density at radius 3 is 2.75 bits per heavy atom. The number of nitrogens with one attached hydrogen (secondary N) is 1. The monoisotopic (exact) mass is 268 g/mol. The molecule has 0 radical (unpaired) electrons. The summed E-state index contributed by atoms with van der Waals surface area (Å²) in [5.41, 5.74) is 2.42. The van der Waals surface area contributed by atoms with Crippen LogP contribution in [0.5, 0.6) is 0 Å². The third kappa shape index (κ3) is 1.76. The molecule has 0 aromatic heterocycles. The summed E-state index contributed by atoms with van der Waals surface area (Å²) in [6.45, 7) is 4.25. The van der Waals surface area contributed by atoms with Gasteiger partial charge in [-0.15, -0.1) is 0 Å². The lowest BCUT2D eigenvalue weighted by Gasteiger charge is -2.17. The molecule has 1 aliphatic heterocycles. The number of amides is 2. The van der Waals surface area contributed by atoms with Crippen LogP contribution in [-0.2, 0) is 4.79 Å². The molecule has 0 atom stereocenters. The first-order chi connectivity index (χ1) is 9.63. The van der Waals surface area contributed by atoms with E-state index in [9.17, 15) is 9.59 Å². The summed E-state index contributed by atoms with van der Waals surface area (Å²) >= 11 is 0. The zero-order chi connectivity index (χ0) is 14.3. The molecule has 2 aromatic carbocycles. The molecule has 0 bridgehead atoms. The Morgan fingerprint density at radius 1 is 1.25 bits per heavy atom. The average Bonchev–Trinajstić information content (AvgIpc) is 2.69. The fourth-order valence-electron chi connectivity index (χ4n) is 2.79. The van der Waals surface area contributed by atoms with Crippen molar-refractivity contribution < 1.29 is 9.59 Å². The van der Waals surface area contributed by atoms with E-state index in [1.54, 1.807) is 0 Å². The number of carbonyl (C=O) groups excluding carboxylic acids is 2. The van der Waals surface area contributed by atoms with Gasteiger partial charge in [-0.05, 0) is 24.6 Å². The molecule has 0 unspecified atom stereocenters. The molecule has 0 saturated carbocycles. The molecule has 1 N–H and O–H groups in total. The SMILES string of the molecule is CCCN1C(=O)c2cccc3c(NC(C)=O)ccc1c23. The van der Waals surface area contributed by atoms with E-state index in [1.165, 1.54) is 6.92 Å². The van der Waals surface area contributed by atoms with Gasteiger partial charge < -0.3 is 10.2 Å². The van der Waals surface area contributed by atoms with Crippen LogP contribution in [0.4, 0.5) is 11.4 Å². The topological polar surface area (TPSA) is 49.4 Å². The van der Waals surface area contributed by atoms with Crippen molar-refractivity contribution >= 4 is 34.0 Å². The van der Waals surface area contributed by atoms with E-state index < -0.39 is 0 Å². The predicted octanol–water partition coefficient (Wildman–Crippen LogP) is 3.17. The second-order valence-corrected chi connectivity index (χ2v) is 5.00. The number of rotatable bonds is 3. The number of anilines is 2. The minimum Gasteiger partial charge on any atom is -0.326 e. The molecule has 0 spiro atoms. The molecule has 0 saturated heterocycles. The summed E-state index contributed by atoms with van der Waals surface area (Å²) in [5, 5.41) is 4.68. The van der Waals surface area contributed by atoms with Gasteiger partial charge in [0.1, 0.15) is 0 Å². The smallest absolute Gasteiger partial charge is 0.258 e. The van der Waals surface area contributed by atoms with Crippen molar-refractivity contribution in [1.82, 2.24) is 0 Å². The molecule has 4 heteroatoms. The summed E-state index contributed by atoms with van der Waals surface area (Å²) in [4.78, 5) is 25.5. The highest BCUT2D eigenvalue weighted by molar-refractivity contribution is 6.27. The van der Waals surface area contributed by atoms with Gasteiger partial charge in [-0.1, -0.05) is 19.1 Å². The van der Waals surface area contributed by atoms with E-state index in [4.69, 9.17) is 0 Å². The van der Waals surface area contributed by atoms with Crippen LogP contribution in [0.25, 0.3) is 10.8 Å². The van der Waals surface area contributed by atoms with E-state index in [0.29, 0.717) is 6.54 Å². The first-order valence-corrected chi connectivity index (χ1v) is 6.78. The number of benzene rings is 2. The molecule has 1 aliphatic rings. The number of carbonyl (C=O) groups is 2. The average molecular weight is 268 g/mol. The lowest BCUT2D eigenvalue weighted by Crippen LogP contribution is -2.27. The van der Waals surface area contributed by atoms with Crippen LogP contribution in [0.15, 0.2) is 30.3 Å².